The minimum atomic E-state index is -3.86. The van der Waals surface area contributed by atoms with Crippen LogP contribution in [-0.2, 0) is 4.57 Å². The zero-order valence-electron chi connectivity index (χ0n) is 16.6. The summed E-state index contributed by atoms with van der Waals surface area (Å²) in [4.78, 5) is 26.4. The fraction of sp³-hybridized carbons (Fsp3) is 0.333. The van der Waals surface area contributed by atoms with Gasteiger partial charge in [-0.2, -0.15) is 0 Å². The molecule has 0 fully saturated rings. The lowest BCUT2D eigenvalue weighted by molar-refractivity contribution is 0.103. The predicted octanol–water partition coefficient (Wildman–Crippen LogP) is 4.99. The lowest BCUT2D eigenvalue weighted by atomic mass is 10.0. The molecule has 1 unspecified atom stereocenters. The van der Waals surface area contributed by atoms with Crippen LogP contribution in [0.4, 0.5) is 0 Å². The number of carbonyl (C=O) groups excluding carboxylic acids is 2. The van der Waals surface area contributed by atoms with Gasteiger partial charge >= 0.3 is 0 Å². The van der Waals surface area contributed by atoms with Crippen LogP contribution in [0.15, 0.2) is 30.3 Å². The summed E-state index contributed by atoms with van der Waals surface area (Å²) in [7, 11) is -0.943. The number of rotatable bonds is 7. The molecule has 0 bridgehead atoms. The third-order valence-electron chi connectivity index (χ3n) is 4.63. The van der Waals surface area contributed by atoms with Gasteiger partial charge in [0, 0.05) is 17.8 Å². The highest BCUT2D eigenvalue weighted by Crippen LogP contribution is 2.53. The largest absolute Gasteiger partial charge is 0.497 e. The van der Waals surface area contributed by atoms with Gasteiger partial charge in [0.15, 0.2) is 0 Å². The Morgan fingerprint density at radius 2 is 1.52 bits per heavy atom. The molecule has 0 aliphatic carbocycles. The third kappa shape index (κ3) is 3.84. The smallest absolute Gasteiger partial charge is 0.232 e. The minimum absolute atomic E-state index is 0.0490. The standard InChI is InChI=1S/C21H25O5P/c1-7-27(24,21(23)19-14(3)10-13(2)11-15(19)4)20(22)17-9-8-16(25-5)12-18(17)26-6/h8-12H,7H2,1-6H3. The number of methoxy groups -OCH3 is 2. The van der Waals surface area contributed by atoms with E-state index in [0.29, 0.717) is 11.3 Å². The number of carbonyl (C=O) groups is 2. The molecule has 0 amide bonds. The average Bonchev–Trinajstić information content (AvgIpc) is 2.65. The van der Waals surface area contributed by atoms with Crippen molar-refractivity contribution in [1.82, 2.24) is 0 Å². The molecular formula is C21H25O5P. The minimum Gasteiger partial charge on any atom is -0.497 e. The van der Waals surface area contributed by atoms with Gasteiger partial charge in [0.2, 0.25) is 18.2 Å². The van der Waals surface area contributed by atoms with E-state index in [1.54, 1.807) is 32.9 Å². The molecule has 0 saturated heterocycles. The molecule has 6 heteroatoms. The molecule has 0 heterocycles. The van der Waals surface area contributed by atoms with Gasteiger partial charge in [0.1, 0.15) is 11.5 Å². The molecule has 144 valence electrons. The molecule has 5 nitrogen and oxygen atoms in total. The average molecular weight is 388 g/mol. The summed E-state index contributed by atoms with van der Waals surface area (Å²) in [5.74, 6) is 0.740. The highest BCUT2D eigenvalue weighted by molar-refractivity contribution is 7.95. The molecule has 1 atom stereocenters. The van der Waals surface area contributed by atoms with Crippen LogP contribution in [0.1, 0.15) is 44.3 Å². The van der Waals surface area contributed by atoms with Gasteiger partial charge in [0.05, 0.1) is 19.8 Å². The second kappa shape index (κ2) is 8.10. The Kier molecular flexibility index (Phi) is 6.27. The van der Waals surface area contributed by atoms with Gasteiger partial charge in [-0.3, -0.25) is 9.59 Å². The topological polar surface area (TPSA) is 69.7 Å². The lowest BCUT2D eigenvalue weighted by Crippen LogP contribution is -2.15. The van der Waals surface area contributed by atoms with E-state index in [1.807, 2.05) is 19.1 Å². The molecule has 0 N–H and O–H groups in total. The maximum absolute atomic E-state index is 13.6. The SMILES string of the molecule is CCP(=O)(C(=O)c1ccc(OC)cc1OC)C(=O)c1c(C)cc(C)cc1C. The van der Waals surface area contributed by atoms with Crippen LogP contribution in [0.5, 0.6) is 11.5 Å². The Hall–Kier alpha value is -2.39. The van der Waals surface area contributed by atoms with Crippen molar-refractivity contribution in [3.05, 3.63) is 58.1 Å². The molecule has 27 heavy (non-hydrogen) atoms. The van der Waals surface area contributed by atoms with Crippen molar-refractivity contribution in [3.63, 3.8) is 0 Å². The number of ether oxygens (including phenoxy) is 2. The van der Waals surface area contributed by atoms with Crippen LogP contribution in [-0.4, -0.2) is 31.4 Å². The Morgan fingerprint density at radius 3 is 2.00 bits per heavy atom. The zero-order chi connectivity index (χ0) is 20.4. The molecule has 2 rings (SSSR count). The molecule has 0 aliphatic rings. The first-order valence-corrected chi connectivity index (χ1v) is 10.6. The van der Waals surface area contributed by atoms with E-state index in [1.165, 1.54) is 20.3 Å². The van der Waals surface area contributed by atoms with Crippen LogP contribution >= 0.6 is 7.14 Å². The van der Waals surface area contributed by atoms with Crippen molar-refractivity contribution in [2.45, 2.75) is 27.7 Å². The number of hydrogen-bond acceptors (Lipinski definition) is 5. The van der Waals surface area contributed by atoms with E-state index >= 15 is 0 Å². The van der Waals surface area contributed by atoms with Crippen molar-refractivity contribution in [1.29, 1.82) is 0 Å². The van der Waals surface area contributed by atoms with Crippen LogP contribution in [0.3, 0.4) is 0 Å². The van der Waals surface area contributed by atoms with E-state index in [0.717, 1.165) is 16.7 Å². The van der Waals surface area contributed by atoms with Crippen molar-refractivity contribution in [2.24, 2.45) is 0 Å². The lowest BCUT2D eigenvalue weighted by Gasteiger charge is -2.19. The van der Waals surface area contributed by atoms with Crippen LogP contribution in [0, 0.1) is 20.8 Å². The van der Waals surface area contributed by atoms with E-state index in [9.17, 15) is 14.2 Å². The van der Waals surface area contributed by atoms with Crippen LogP contribution in [0.25, 0.3) is 0 Å². The monoisotopic (exact) mass is 388 g/mol. The molecule has 0 radical (unpaired) electrons. The molecule has 0 aliphatic heterocycles. The summed E-state index contributed by atoms with van der Waals surface area (Å²) in [6.45, 7) is 7.13. The summed E-state index contributed by atoms with van der Waals surface area (Å²) < 4.78 is 24.0. The molecule has 2 aromatic carbocycles. The van der Waals surface area contributed by atoms with Gasteiger partial charge in [-0.05, 0) is 44.0 Å². The normalized spacial score (nSPS) is 13.0. The van der Waals surface area contributed by atoms with E-state index < -0.39 is 18.2 Å². The van der Waals surface area contributed by atoms with Gasteiger partial charge < -0.3 is 14.0 Å². The van der Waals surface area contributed by atoms with Gasteiger partial charge in [-0.25, -0.2) is 0 Å². The fourth-order valence-corrected chi connectivity index (χ4v) is 5.29. The van der Waals surface area contributed by atoms with E-state index in [-0.39, 0.29) is 17.5 Å². The first kappa shape index (κ1) is 20.9. The Bertz CT molecular complexity index is 923. The predicted molar refractivity (Wildman–Crippen MR) is 107 cm³/mol. The molecule has 0 aromatic heterocycles. The molecule has 0 saturated carbocycles. The molecular weight excluding hydrogens is 363 g/mol. The molecule has 0 spiro atoms. The molecule has 2 aromatic rings. The van der Waals surface area contributed by atoms with Crippen LogP contribution in [0.2, 0.25) is 0 Å². The van der Waals surface area contributed by atoms with E-state index in [2.05, 4.69) is 0 Å². The summed E-state index contributed by atoms with van der Waals surface area (Å²) in [6.07, 6.45) is -0.0490. The highest BCUT2D eigenvalue weighted by atomic mass is 31.2. The Balaban J connectivity index is 2.59. The third-order valence-corrected chi connectivity index (χ3v) is 7.30. The first-order chi connectivity index (χ1) is 12.7. The summed E-state index contributed by atoms with van der Waals surface area (Å²) in [5, 5.41) is 0. The number of aryl methyl sites for hydroxylation is 3. The van der Waals surface area contributed by atoms with E-state index in [4.69, 9.17) is 9.47 Å². The van der Waals surface area contributed by atoms with Crippen molar-refractivity contribution < 1.29 is 23.6 Å². The summed E-state index contributed by atoms with van der Waals surface area (Å²) in [6, 6.07) is 8.34. The maximum atomic E-state index is 13.6. The number of hydrogen-bond donors (Lipinski definition) is 0. The van der Waals surface area contributed by atoms with Gasteiger partial charge in [0.25, 0.3) is 0 Å². The van der Waals surface area contributed by atoms with Crippen molar-refractivity contribution >= 4 is 18.2 Å². The summed E-state index contributed by atoms with van der Waals surface area (Å²) in [5.41, 5.74) is 1.67. The zero-order valence-corrected chi connectivity index (χ0v) is 17.5. The van der Waals surface area contributed by atoms with Gasteiger partial charge in [-0.1, -0.05) is 24.6 Å². The Morgan fingerprint density at radius 1 is 0.926 bits per heavy atom. The number of benzene rings is 2. The highest BCUT2D eigenvalue weighted by Gasteiger charge is 2.41. The fourth-order valence-electron chi connectivity index (χ4n) is 3.25. The Labute approximate surface area is 160 Å². The van der Waals surface area contributed by atoms with Crippen LogP contribution < -0.4 is 9.47 Å². The second-order valence-electron chi connectivity index (χ2n) is 6.51. The quantitative estimate of drug-likeness (QED) is 0.625. The van der Waals surface area contributed by atoms with Crippen molar-refractivity contribution in [2.75, 3.05) is 20.4 Å². The maximum Gasteiger partial charge on any atom is 0.232 e. The first-order valence-electron chi connectivity index (χ1n) is 8.68. The summed E-state index contributed by atoms with van der Waals surface area (Å²) >= 11 is 0. The van der Waals surface area contributed by atoms with Gasteiger partial charge in [-0.15, -0.1) is 0 Å². The second-order valence-corrected chi connectivity index (χ2v) is 9.43. The van der Waals surface area contributed by atoms with Crippen molar-refractivity contribution in [3.8, 4) is 11.5 Å².